The highest BCUT2D eigenvalue weighted by atomic mass is 35.5. The number of halogens is 1. The number of nitrogens with zero attached hydrogens (tertiary/aromatic N) is 1. The first kappa shape index (κ1) is 14.3. The molecule has 0 heterocycles. The Balaban J connectivity index is 3.15. The third-order valence-corrected chi connectivity index (χ3v) is 2.71. The van der Waals surface area contributed by atoms with Crippen LogP contribution in [0.15, 0.2) is 12.1 Å². The quantitative estimate of drug-likeness (QED) is 0.607. The summed E-state index contributed by atoms with van der Waals surface area (Å²) in [5.74, 6) is 0.352. The molecule has 5 heteroatoms. The third kappa shape index (κ3) is 3.38. The van der Waals surface area contributed by atoms with Gasteiger partial charge in [0.25, 0.3) is 0 Å². The zero-order valence-corrected chi connectivity index (χ0v) is 11.1. The minimum absolute atomic E-state index is 0.0881. The van der Waals surface area contributed by atoms with Crippen molar-refractivity contribution < 1.29 is 14.3 Å². The maximum atomic E-state index is 11.5. The number of nitriles is 1. The van der Waals surface area contributed by atoms with Crippen LogP contribution in [0.3, 0.4) is 0 Å². The fourth-order valence-electron chi connectivity index (χ4n) is 1.63. The summed E-state index contributed by atoms with van der Waals surface area (Å²) in [6.45, 7) is 2.07. The number of hydrogen-bond donors (Lipinski definition) is 0. The highest BCUT2D eigenvalue weighted by Crippen LogP contribution is 2.26. The molecule has 0 radical (unpaired) electrons. The molecule has 4 nitrogen and oxygen atoms in total. The van der Waals surface area contributed by atoms with Gasteiger partial charge in [0.1, 0.15) is 5.75 Å². The fraction of sp³-hybridized carbons (Fsp3) is 0.385. The molecular weight excluding hydrogens is 254 g/mol. The smallest absolute Gasteiger partial charge is 0.310 e. The minimum atomic E-state index is -0.341. The van der Waals surface area contributed by atoms with Crippen molar-refractivity contribution in [3.63, 3.8) is 0 Å². The van der Waals surface area contributed by atoms with E-state index in [1.165, 1.54) is 7.11 Å². The number of benzene rings is 1. The normalized spacial score (nSPS) is 9.67. The number of esters is 1. The van der Waals surface area contributed by atoms with Crippen LogP contribution in [-0.4, -0.2) is 19.7 Å². The first-order chi connectivity index (χ1) is 8.65. The van der Waals surface area contributed by atoms with Gasteiger partial charge in [0, 0.05) is 11.4 Å². The number of alkyl halides is 1. The van der Waals surface area contributed by atoms with Crippen LogP contribution in [0.25, 0.3) is 0 Å². The molecule has 0 aromatic heterocycles. The number of hydrogen-bond acceptors (Lipinski definition) is 4. The second-order valence-corrected chi connectivity index (χ2v) is 3.81. The van der Waals surface area contributed by atoms with Gasteiger partial charge in [-0.2, -0.15) is 5.26 Å². The molecule has 96 valence electrons. The Hall–Kier alpha value is -1.73. The third-order valence-electron chi connectivity index (χ3n) is 2.42. The number of methoxy groups -OCH3 is 1. The van der Waals surface area contributed by atoms with Gasteiger partial charge in [-0.25, -0.2) is 0 Å². The molecule has 0 spiro atoms. The first-order valence-corrected chi connectivity index (χ1v) is 6.01. The van der Waals surface area contributed by atoms with Gasteiger partial charge in [0.2, 0.25) is 0 Å². The van der Waals surface area contributed by atoms with Gasteiger partial charge in [-0.3, -0.25) is 4.79 Å². The zero-order valence-electron chi connectivity index (χ0n) is 10.3. The van der Waals surface area contributed by atoms with Crippen LogP contribution in [0, 0.1) is 11.3 Å². The van der Waals surface area contributed by atoms with Crippen molar-refractivity contribution in [3.05, 3.63) is 28.8 Å². The lowest BCUT2D eigenvalue weighted by Gasteiger charge is -2.12. The Bertz CT molecular complexity index is 455. The van der Waals surface area contributed by atoms with Crippen molar-refractivity contribution >= 4 is 17.6 Å². The van der Waals surface area contributed by atoms with Crippen LogP contribution in [0.4, 0.5) is 0 Å². The molecule has 0 aliphatic rings. The second kappa shape index (κ2) is 6.87. The Kier molecular flexibility index (Phi) is 5.47. The molecule has 0 aliphatic carbocycles. The van der Waals surface area contributed by atoms with Gasteiger partial charge in [0.15, 0.2) is 0 Å². The molecule has 0 saturated carbocycles. The molecule has 1 aromatic carbocycles. The average Bonchev–Trinajstić information content (AvgIpc) is 2.39. The Morgan fingerprint density at radius 1 is 1.50 bits per heavy atom. The summed E-state index contributed by atoms with van der Waals surface area (Å²) in [4.78, 5) is 11.5. The number of carbonyl (C=O) groups is 1. The Morgan fingerprint density at radius 3 is 2.72 bits per heavy atom. The Labute approximate surface area is 111 Å². The van der Waals surface area contributed by atoms with Crippen molar-refractivity contribution in [2.45, 2.75) is 19.2 Å². The van der Waals surface area contributed by atoms with E-state index in [1.807, 2.05) is 6.07 Å². The summed E-state index contributed by atoms with van der Waals surface area (Å²) in [6.07, 6.45) is 0.0881. The second-order valence-electron chi connectivity index (χ2n) is 3.54. The van der Waals surface area contributed by atoms with Crippen LogP contribution >= 0.6 is 11.6 Å². The van der Waals surface area contributed by atoms with Gasteiger partial charge >= 0.3 is 5.97 Å². The molecule has 0 saturated heterocycles. The minimum Gasteiger partial charge on any atom is -0.496 e. The van der Waals surface area contributed by atoms with Crippen LogP contribution < -0.4 is 4.74 Å². The summed E-state index contributed by atoms with van der Waals surface area (Å²) >= 11 is 5.83. The van der Waals surface area contributed by atoms with E-state index in [1.54, 1.807) is 19.1 Å². The Morgan fingerprint density at radius 2 is 2.22 bits per heavy atom. The van der Waals surface area contributed by atoms with Crippen molar-refractivity contribution in [2.24, 2.45) is 0 Å². The summed E-state index contributed by atoms with van der Waals surface area (Å²) in [5.41, 5.74) is 1.83. The molecule has 1 rings (SSSR count). The van der Waals surface area contributed by atoms with Crippen LogP contribution in [0.1, 0.15) is 23.6 Å². The van der Waals surface area contributed by atoms with E-state index < -0.39 is 0 Å². The maximum Gasteiger partial charge on any atom is 0.310 e. The van der Waals surface area contributed by atoms with E-state index in [0.717, 1.165) is 0 Å². The topological polar surface area (TPSA) is 59.3 Å². The number of rotatable bonds is 5. The highest BCUT2D eigenvalue weighted by Gasteiger charge is 2.15. The van der Waals surface area contributed by atoms with E-state index in [9.17, 15) is 4.79 Å². The van der Waals surface area contributed by atoms with Crippen molar-refractivity contribution in [3.8, 4) is 11.8 Å². The SMILES string of the molecule is CCOC(=O)Cc1c(CCl)cc(C#N)cc1OC. The molecule has 0 bridgehead atoms. The highest BCUT2D eigenvalue weighted by molar-refractivity contribution is 6.17. The summed E-state index contributed by atoms with van der Waals surface area (Å²) in [7, 11) is 1.49. The average molecular weight is 268 g/mol. The summed E-state index contributed by atoms with van der Waals surface area (Å²) in [5, 5.41) is 8.89. The van der Waals surface area contributed by atoms with Crippen molar-refractivity contribution in [1.29, 1.82) is 5.26 Å². The number of carbonyl (C=O) groups excluding carboxylic acids is 1. The predicted octanol–water partition coefficient (Wildman–Crippen LogP) is 2.41. The lowest BCUT2D eigenvalue weighted by atomic mass is 10.0. The first-order valence-electron chi connectivity index (χ1n) is 5.47. The molecule has 0 N–H and O–H groups in total. The molecule has 0 amide bonds. The summed E-state index contributed by atoms with van der Waals surface area (Å²) in [6, 6.07) is 5.27. The molecule has 0 unspecified atom stereocenters. The predicted molar refractivity (Wildman–Crippen MR) is 67.6 cm³/mol. The lowest BCUT2D eigenvalue weighted by Crippen LogP contribution is -2.10. The van der Waals surface area contributed by atoms with Gasteiger partial charge in [0.05, 0.1) is 31.8 Å². The lowest BCUT2D eigenvalue weighted by molar-refractivity contribution is -0.142. The number of ether oxygens (including phenoxy) is 2. The van der Waals surface area contributed by atoms with E-state index in [4.69, 9.17) is 26.3 Å². The molecule has 0 fully saturated rings. The maximum absolute atomic E-state index is 11.5. The zero-order chi connectivity index (χ0) is 13.5. The van der Waals surface area contributed by atoms with Gasteiger partial charge in [-0.15, -0.1) is 11.6 Å². The molecule has 0 atom stereocenters. The van der Waals surface area contributed by atoms with Gasteiger partial charge in [-0.1, -0.05) is 0 Å². The van der Waals surface area contributed by atoms with E-state index >= 15 is 0 Å². The molecular formula is C13H14ClNO3. The van der Waals surface area contributed by atoms with Gasteiger partial charge in [-0.05, 0) is 24.6 Å². The van der Waals surface area contributed by atoms with Crippen molar-refractivity contribution in [1.82, 2.24) is 0 Å². The van der Waals surface area contributed by atoms with E-state index in [0.29, 0.717) is 29.0 Å². The monoisotopic (exact) mass is 267 g/mol. The van der Waals surface area contributed by atoms with Crippen LogP contribution in [-0.2, 0) is 21.8 Å². The molecule has 0 aliphatic heterocycles. The van der Waals surface area contributed by atoms with Crippen LogP contribution in [0.5, 0.6) is 5.75 Å². The molecule has 1 aromatic rings. The fourth-order valence-corrected chi connectivity index (χ4v) is 1.86. The van der Waals surface area contributed by atoms with E-state index in [-0.39, 0.29) is 18.3 Å². The molecule has 18 heavy (non-hydrogen) atoms. The largest absolute Gasteiger partial charge is 0.496 e. The van der Waals surface area contributed by atoms with Crippen LogP contribution in [0.2, 0.25) is 0 Å². The van der Waals surface area contributed by atoms with E-state index in [2.05, 4.69) is 0 Å². The standard InChI is InChI=1S/C13H14ClNO3/c1-3-18-13(16)6-11-10(7-14)4-9(8-15)5-12(11)17-2/h4-5H,3,6-7H2,1-2H3. The summed E-state index contributed by atoms with van der Waals surface area (Å²) < 4.78 is 10.1. The van der Waals surface area contributed by atoms with Crippen molar-refractivity contribution in [2.75, 3.05) is 13.7 Å². The van der Waals surface area contributed by atoms with Gasteiger partial charge < -0.3 is 9.47 Å².